The van der Waals surface area contributed by atoms with Crippen LogP contribution >= 0.6 is 0 Å². The largest absolute Gasteiger partial charge is 0.504 e. The first-order valence-corrected chi connectivity index (χ1v) is 19.5. The van der Waals surface area contributed by atoms with E-state index in [0.29, 0.717) is 56.5 Å². The maximum absolute atomic E-state index is 14.7. The number of benzene rings is 5. The van der Waals surface area contributed by atoms with Crippen LogP contribution in [-0.2, 0) is 19.2 Å². The van der Waals surface area contributed by atoms with Gasteiger partial charge in [-0.2, -0.15) is 0 Å². The molecular formula is C47H34N4O8. The average molecular weight is 783 g/mol. The Hall–Kier alpha value is -7.34. The van der Waals surface area contributed by atoms with Crippen molar-refractivity contribution >= 4 is 57.2 Å². The van der Waals surface area contributed by atoms with Crippen molar-refractivity contribution < 1.29 is 37.9 Å². The molecule has 2 aromatic heterocycles. The summed E-state index contributed by atoms with van der Waals surface area (Å²) in [5.74, 6) is -4.55. The van der Waals surface area contributed by atoms with Crippen molar-refractivity contribution in [3.63, 3.8) is 0 Å². The number of amides is 4. The van der Waals surface area contributed by atoms with Gasteiger partial charge in [0, 0.05) is 17.0 Å². The molecule has 6 unspecified atom stereocenters. The molecule has 0 radical (unpaired) electrons. The van der Waals surface area contributed by atoms with Crippen LogP contribution < -0.4 is 14.5 Å². The quantitative estimate of drug-likeness (QED) is 0.129. The van der Waals surface area contributed by atoms with E-state index in [1.165, 1.54) is 16.9 Å². The van der Waals surface area contributed by atoms with E-state index in [9.17, 15) is 24.3 Å². The Morgan fingerprint density at radius 3 is 1.71 bits per heavy atom. The second kappa shape index (κ2) is 13.1. The number of aromatic nitrogens is 2. The molecule has 59 heavy (non-hydrogen) atoms. The lowest BCUT2D eigenvalue weighted by atomic mass is 9.57. The number of rotatable bonds is 6. The Bertz CT molecular complexity index is 2860. The van der Waals surface area contributed by atoms with Crippen LogP contribution in [0.2, 0.25) is 0 Å². The average Bonchev–Trinajstić information content (AvgIpc) is 4.02. The first-order chi connectivity index (χ1) is 28.8. The minimum absolute atomic E-state index is 0.110. The van der Waals surface area contributed by atoms with E-state index < -0.39 is 35.5 Å². The van der Waals surface area contributed by atoms with Crippen LogP contribution in [0.5, 0.6) is 11.5 Å². The summed E-state index contributed by atoms with van der Waals surface area (Å²) in [6.07, 6.45) is 2.48. The second-order valence-corrected chi connectivity index (χ2v) is 15.5. The van der Waals surface area contributed by atoms with Gasteiger partial charge in [-0.05, 0) is 109 Å². The van der Waals surface area contributed by atoms with Crippen LogP contribution in [0, 0.1) is 29.6 Å². The number of ether oxygens (including phenoxy) is 1. The number of fused-ring (bicyclic) bond motifs is 6. The fourth-order valence-corrected chi connectivity index (χ4v) is 9.87. The minimum atomic E-state index is -0.811. The lowest BCUT2D eigenvalue weighted by Gasteiger charge is -2.44. The summed E-state index contributed by atoms with van der Waals surface area (Å²) in [4.78, 5) is 69.7. The highest BCUT2D eigenvalue weighted by atomic mass is 16.5. The Morgan fingerprint density at radius 1 is 0.627 bits per heavy atom. The molecule has 7 aromatic rings. The standard InChI is InChI=1S/C47H34N4O8/c1-57-38-21-14-26(22-35(38)52)39-29-19-20-30-40(46(55)50(44(30)53)27-15-10-24(11-16-27)42-48-33-6-2-4-8-36(33)58-42)31(29)23-32-41(39)47(56)51(45(32)54)28-17-12-25(13-18-28)43-49-34-7-3-5-9-37(34)59-43/h2-19,21-22,30-32,39-41,52H,20,23H2,1H3. The van der Waals surface area contributed by atoms with Gasteiger partial charge in [0.15, 0.2) is 22.7 Å². The van der Waals surface area contributed by atoms with Gasteiger partial charge in [-0.1, -0.05) is 42.0 Å². The molecule has 12 heteroatoms. The molecule has 4 amide bonds. The third-order valence-electron chi connectivity index (χ3n) is 12.5. The molecule has 290 valence electrons. The van der Waals surface area contributed by atoms with Gasteiger partial charge >= 0.3 is 0 Å². The van der Waals surface area contributed by atoms with Crippen molar-refractivity contribution in [1.82, 2.24) is 9.97 Å². The maximum Gasteiger partial charge on any atom is 0.238 e. The van der Waals surface area contributed by atoms with Gasteiger partial charge in [0.1, 0.15) is 11.0 Å². The molecule has 2 aliphatic heterocycles. The highest BCUT2D eigenvalue weighted by molar-refractivity contribution is 6.24. The molecule has 0 bridgehead atoms. The number of carbonyl (C=O) groups excluding carboxylic acids is 4. The third kappa shape index (κ3) is 5.28. The number of imide groups is 2. The summed E-state index contributed by atoms with van der Waals surface area (Å²) >= 11 is 0. The number of hydrogen-bond acceptors (Lipinski definition) is 10. The summed E-state index contributed by atoms with van der Waals surface area (Å²) in [5, 5.41) is 11.0. The number of anilines is 2. The molecule has 4 heterocycles. The lowest BCUT2D eigenvalue weighted by molar-refractivity contribution is -0.126. The molecule has 5 aromatic carbocycles. The summed E-state index contributed by atoms with van der Waals surface area (Å²) in [6.45, 7) is 0. The number of nitrogens with zero attached hydrogens (tertiary/aromatic N) is 4. The molecule has 1 N–H and O–H groups in total. The fourth-order valence-electron chi connectivity index (χ4n) is 9.87. The first kappa shape index (κ1) is 34.9. The molecule has 12 nitrogen and oxygen atoms in total. The SMILES string of the molecule is COc1ccc(C2C3=CCC4C(=O)N(c5ccc(-c6nc7ccccc7o6)cc5)C(=O)C4C3CC3C(=O)N(c4ccc(-c5nc6ccccc6o5)cc4)C(=O)C32)cc1O. The molecule has 4 aliphatic rings. The van der Waals surface area contributed by atoms with Crippen molar-refractivity contribution in [3.8, 4) is 34.4 Å². The molecule has 6 atom stereocenters. The van der Waals surface area contributed by atoms with Crippen LogP contribution in [0.3, 0.4) is 0 Å². The molecule has 2 aliphatic carbocycles. The number of oxazole rings is 2. The smallest absolute Gasteiger partial charge is 0.238 e. The number of para-hydroxylation sites is 4. The van der Waals surface area contributed by atoms with E-state index in [4.69, 9.17) is 13.6 Å². The predicted molar refractivity (Wildman–Crippen MR) is 216 cm³/mol. The van der Waals surface area contributed by atoms with E-state index in [1.54, 1.807) is 66.7 Å². The van der Waals surface area contributed by atoms with Crippen LogP contribution in [0.15, 0.2) is 136 Å². The van der Waals surface area contributed by atoms with Gasteiger partial charge in [0.05, 0.1) is 42.2 Å². The summed E-state index contributed by atoms with van der Waals surface area (Å²) < 4.78 is 17.2. The Morgan fingerprint density at radius 2 is 1.17 bits per heavy atom. The monoisotopic (exact) mass is 782 g/mol. The van der Waals surface area contributed by atoms with Gasteiger partial charge < -0.3 is 18.7 Å². The number of hydrogen-bond donors (Lipinski definition) is 1. The number of aromatic hydroxyl groups is 1. The van der Waals surface area contributed by atoms with Crippen molar-refractivity contribution in [3.05, 3.63) is 132 Å². The predicted octanol–water partition coefficient (Wildman–Crippen LogP) is 8.06. The van der Waals surface area contributed by atoms with E-state index in [0.717, 1.165) is 11.1 Å². The fraction of sp³-hybridized carbons (Fsp3) is 0.191. The van der Waals surface area contributed by atoms with E-state index in [2.05, 4.69) is 9.97 Å². The van der Waals surface area contributed by atoms with Crippen LogP contribution in [0.25, 0.3) is 45.1 Å². The van der Waals surface area contributed by atoms with E-state index >= 15 is 0 Å². The highest BCUT2D eigenvalue weighted by Gasteiger charge is 2.62. The van der Waals surface area contributed by atoms with Crippen molar-refractivity contribution in [2.75, 3.05) is 16.9 Å². The number of carbonyl (C=O) groups is 4. The first-order valence-electron chi connectivity index (χ1n) is 19.5. The number of phenols is 1. The summed E-state index contributed by atoms with van der Waals surface area (Å²) in [6, 6.07) is 33.9. The van der Waals surface area contributed by atoms with Gasteiger partial charge in [-0.15, -0.1) is 0 Å². The Labute approximate surface area is 336 Å². The molecule has 3 fully saturated rings. The van der Waals surface area contributed by atoms with Crippen molar-refractivity contribution in [2.45, 2.75) is 18.8 Å². The van der Waals surface area contributed by atoms with Crippen LogP contribution in [0.4, 0.5) is 11.4 Å². The molecule has 11 rings (SSSR count). The molecular weight excluding hydrogens is 749 g/mol. The Balaban J connectivity index is 0.931. The van der Waals surface area contributed by atoms with Gasteiger partial charge in [0.25, 0.3) is 0 Å². The lowest BCUT2D eigenvalue weighted by Crippen LogP contribution is -2.43. The van der Waals surface area contributed by atoms with Crippen LogP contribution in [0.1, 0.15) is 24.3 Å². The van der Waals surface area contributed by atoms with E-state index in [-0.39, 0.29) is 48.0 Å². The van der Waals surface area contributed by atoms with Gasteiger partial charge in [0.2, 0.25) is 35.4 Å². The summed E-state index contributed by atoms with van der Waals surface area (Å²) in [5.41, 5.74) is 6.40. The third-order valence-corrected chi connectivity index (χ3v) is 12.5. The zero-order chi connectivity index (χ0) is 40.1. The maximum atomic E-state index is 14.7. The van der Waals surface area contributed by atoms with Crippen molar-refractivity contribution in [1.29, 1.82) is 0 Å². The second-order valence-electron chi connectivity index (χ2n) is 15.5. The molecule has 2 saturated heterocycles. The summed E-state index contributed by atoms with van der Waals surface area (Å²) in [7, 11) is 1.45. The van der Waals surface area contributed by atoms with Gasteiger partial charge in [-0.25, -0.2) is 9.97 Å². The molecule has 0 spiro atoms. The normalized spacial score (nSPS) is 23.8. The van der Waals surface area contributed by atoms with Crippen molar-refractivity contribution in [2.24, 2.45) is 29.6 Å². The minimum Gasteiger partial charge on any atom is -0.504 e. The van der Waals surface area contributed by atoms with Gasteiger partial charge in [-0.3, -0.25) is 29.0 Å². The zero-order valence-electron chi connectivity index (χ0n) is 31.5. The topological polar surface area (TPSA) is 156 Å². The Kier molecular flexibility index (Phi) is 7.74. The van der Waals surface area contributed by atoms with Crippen LogP contribution in [-0.4, -0.2) is 45.8 Å². The zero-order valence-corrected chi connectivity index (χ0v) is 31.5. The number of allylic oxidation sites excluding steroid dienone is 2. The molecule has 1 saturated carbocycles. The highest BCUT2D eigenvalue weighted by Crippen LogP contribution is 2.59. The van der Waals surface area contributed by atoms with E-state index in [1.807, 2.05) is 54.6 Å². The number of phenolic OH excluding ortho intramolecular Hbond substituents is 1. The number of methoxy groups -OCH3 is 1.